The van der Waals surface area contributed by atoms with Crippen LogP contribution in [0.5, 0.6) is 0 Å². The van der Waals surface area contributed by atoms with Crippen LogP contribution in [-0.2, 0) is 11.3 Å². The Hall–Kier alpha value is -1.29. The van der Waals surface area contributed by atoms with Crippen molar-refractivity contribution in [1.82, 2.24) is 10.2 Å². The average molecular weight is 238 g/mol. The standard InChI is InChI=1S/C13H22N2O2/c1-3-7-15(8-4-2)13(16)11-14-10-12-6-5-9-17-12/h5-6,9,14H,3-4,7-8,10-11H2,1-2H3. The topological polar surface area (TPSA) is 45.5 Å². The van der Waals surface area contributed by atoms with Gasteiger partial charge in [-0.2, -0.15) is 0 Å². The van der Waals surface area contributed by atoms with Gasteiger partial charge in [0.05, 0.1) is 19.4 Å². The van der Waals surface area contributed by atoms with Crippen LogP contribution >= 0.6 is 0 Å². The summed E-state index contributed by atoms with van der Waals surface area (Å²) in [6.07, 6.45) is 3.65. The Bertz CT molecular complexity index is 303. The van der Waals surface area contributed by atoms with E-state index >= 15 is 0 Å². The molecule has 0 atom stereocenters. The van der Waals surface area contributed by atoms with Crippen LogP contribution in [0.4, 0.5) is 0 Å². The molecule has 96 valence electrons. The molecule has 0 fully saturated rings. The zero-order chi connectivity index (χ0) is 12.5. The first kappa shape index (κ1) is 13.8. The Morgan fingerprint density at radius 2 is 2.06 bits per heavy atom. The van der Waals surface area contributed by atoms with E-state index in [1.165, 1.54) is 0 Å². The number of hydrogen-bond acceptors (Lipinski definition) is 3. The molecule has 1 aromatic heterocycles. The molecule has 0 saturated heterocycles. The summed E-state index contributed by atoms with van der Waals surface area (Å²) in [4.78, 5) is 13.8. The maximum absolute atomic E-state index is 11.9. The van der Waals surface area contributed by atoms with Crippen molar-refractivity contribution in [2.45, 2.75) is 33.2 Å². The summed E-state index contributed by atoms with van der Waals surface area (Å²) in [7, 11) is 0. The van der Waals surface area contributed by atoms with Gasteiger partial charge in [-0.25, -0.2) is 0 Å². The van der Waals surface area contributed by atoms with Gasteiger partial charge >= 0.3 is 0 Å². The van der Waals surface area contributed by atoms with Crippen molar-refractivity contribution < 1.29 is 9.21 Å². The fraction of sp³-hybridized carbons (Fsp3) is 0.615. The van der Waals surface area contributed by atoms with Crippen molar-refractivity contribution in [3.05, 3.63) is 24.2 Å². The van der Waals surface area contributed by atoms with Crippen LogP contribution in [-0.4, -0.2) is 30.4 Å². The second-order valence-electron chi connectivity index (χ2n) is 4.06. The minimum Gasteiger partial charge on any atom is -0.468 e. The van der Waals surface area contributed by atoms with Gasteiger partial charge in [-0.3, -0.25) is 4.79 Å². The average Bonchev–Trinajstić information content (AvgIpc) is 2.81. The number of amides is 1. The van der Waals surface area contributed by atoms with Crippen molar-refractivity contribution in [2.75, 3.05) is 19.6 Å². The Morgan fingerprint density at radius 3 is 2.59 bits per heavy atom. The van der Waals surface area contributed by atoms with Gasteiger partial charge < -0.3 is 14.6 Å². The van der Waals surface area contributed by atoms with Crippen LogP contribution < -0.4 is 5.32 Å². The van der Waals surface area contributed by atoms with E-state index in [1.54, 1.807) is 6.26 Å². The molecule has 1 amide bonds. The molecule has 0 spiro atoms. The van der Waals surface area contributed by atoms with Gasteiger partial charge in [0.2, 0.25) is 5.91 Å². The molecule has 1 aromatic rings. The highest BCUT2D eigenvalue weighted by atomic mass is 16.3. The maximum Gasteiger partial charge on any atom is 0.236 e. The highest BCUT2D eigenvalue weighted by molar-refractivity contribution is 5.78. The molecule has 0 aromatic carbocycles. The van der Waals surface area contributed by atoms with Gasteiger partial charge in [0, 0.05) is 13.1 Å². The van der Waals surface area contributed by atoms with Crippen LogP contribution in [0, 0.1) is 0 Å². The summed E-state index contributed by atoms with van der Waals surface area (Å²) in [5, 5.41) is 3.10. The lowest BCUT2D eigenvalue weighted by Gasteiger charge is -2.21. The van der Waals surface area contributed by atoms with E-state index in [-0.39, 0.29) is 5.91 Å². The predicted molar refractivity (Wildman–Crippen MR) is 67.6 cm³/mol. The van der Waals surface area contributed by atoms with Crippen LogP contribution in [0.1, 0.15) is 32.4 Å². The number of hydrogen-bond donors (Lipinski definition) is 1. The molecule has 0 bridgehead atoms. The van der Waals surface area contributed by atoms with Crippen molar-refractivity contribution in [3.63, 3.8) is 0 Å². The van der Waals surface area contributed by atoms with Crippen LogP contribution in [0.3, 0.4) is 0 Å². The second kappa shape index (κ2) is 7.90. The highest BCUT2D eigenvalue weighted by Gasteiger charge is 2.10. The molecule has 0 aliphatic heterocycles. The third-order valence-corrected chi connectivity index (χ3v) is 2.50. The zero-order valence-electron chi connectivity index (χ0n) is 10.7. The molecule has 17 heavy (non-hydrogen) atoms. The van der Waals surface area contributed by atoms with E-state index in [4.69, 9.17) is 4.42 Å². The van der Waals surface area contributed by atoms with Crippen molar-refractivity contribution in [2.24, 2.45) is 0 Å². The van der Waals surface area contributed by atoms with E-state index < -0.39 is 0 Å². The molecule has 1 heterocycles. The number of rotatable bonds is 8. The Labute approximate surface area is 103 Å². The summed E-state index contributed by atoms with van der Waals surface area (Å²) in [5.41, 5.74) is 0. The first-order valence-corrected chi connectivity index (χ1v) is 6.28. The lowest BCUT2D eigenvalue weighted by atomic mass is 10.3. The number of nitrogens with zero attached hydrogens (tertiary/aromatic N) is 1. The normalized spacial score (nSPS) is 10.5. The molecule has 0 radical (unpaired) electrons. The van der Waals surface area contributed by atoms with Crippen LogP contribution in [0.25, 0.3) is 0 Å². The maximum atomic E-state index is 11.9. The Morgan fingerprint density at radius 1 is 1.35 bits per heavy atom. The van der Waals surface area contributed by atoms with E-state index in [0.29, 0.717) is 13.1 Å². The predicted octanol–water partition coefficient (Wildman–Crippen LogP) is 2.02. The van der Waals surface area contributed by atoms with Gasteiger partial charge in [0.25, 0.3) is 0 Å². The van der Waals surface area contributed by atoms with Gasteiger partial charge in [0.1, 0.15) is 5.76 Å². The summed E-state index contributed by atoms with van der Waals surface area (Å²) in [6.45, 7) is 6.84. The quantitative estimate of drug-likeness (QED) is 0.753. The number of nitrogens with one attached hydrogen (secondary N) is 1. The second-order valence-corrected chi connectivity index (χ2v) is 4.06. The molecule has 1 N–H and O–H groups in total. The molecule has 4 nitrogen and oxygen atoms in total. The van der Waals surface area contributed by atoms with Gasteiger partial charge in [-0.15, -0.1) is 0 Å². The van der Waals surface area contributed by atoms with Gasteiger partial charge in [0.15, 0.2) is 0 Å². The van der Waals surface area contributed by atoms with E-state index in [0.717, 1.165) is 31.7 Å². The third-order valence-electron chi connectivity index (χ3n) is 2.50. The van der Waals surface area contributed by atoms with Crippen LogP contribution in [0.15, 0.2) is 22.8 Å². The minimum absolute atomic E-state index is 0.167. The number of furan rings is 1. The van der Waals surface area contributed by atoms with Crippen LogP contribution in [0.2, 0.25) is 0 Å². The van der Waals surface area contributed by atoms with Crippen molar-refractivity contribution in [3.8, 4) is 0 Å². The monoisotopic (exact) mass is 238 g/mol. The molecular formula is C13H22N2O2. The summed E-state index contributed by atoms with van der Waals surface area (Å²) in [6, 6.07) is 3.74. The lowest BCUT2D eigenvalue weighted by molar-refractivity contribution is -0.130. The number of carbonyl (C=O) groups is 1. The third kappa shape index (κ3) is 5.04. The molecule has 0 aliphatic rings. The molecular weight excluding hydrogens is 216 g/mol. The zero-order valence-corrected chi connectivity index (χ0v) is 10.7. The van der Waals surface area contributed by atoms with E-state index in [9.17, 15) is 4.79 Å². The fourth-order valence-electron chi connectivity index (χ4n) is 1.72. The smallest absolute Gasteiger partial charge is 0.236 e. The van der Waals surface area contributed by atoms with Crippen molar-refractivity contribution >= 4 is 5.91 Å². The van der Waals surface area contributed by atoms with Gasteiger partial charge in [-0.05, 0) is 25.0 Å². The highest BCUT2D eigenvalue weighted by Crippen LogP contribution is 1.99. The summed E-state index contributed by atoms with van der Waals surface area (Å²) in [5.74, 6) is 1.02. The fourth-order valence-corrected chi connectivity index (χ4v) is 1.72. The molecule has 0 unspecified atom stereocenters. The van der Waals surface area contributed by atoms with Gasteiger partial charge in [-0.1, -0.05) is 13.8 Å². The molecule has 0 saturated carbocycles. The largest absolute Gasteiger partial charge is 0.468 e. The van der Waals surface area contributed by atoms with Crippen molar-refractivity contribution in [1.29, 1.82) is 0 Å². The summed E-state index contributed by atoms with van der Waals surface area (Å²) < 4.78 is 5.18. The molecule has 1 rings (SSSR count). The first-order chi connectivity index (χ1) is 8.27. The Balaban J connectivity index is 2.26. The number of carbonyl (C=O) groups excluding carboxylic acids is 1. The Kier molecular flexibility index (Phi) is 6.40. The van der Waals surface area contributed by atoms with E-state index in [2.05, 4.69) is 19.2 Å². The lowest BCUT2D eigenvalue weighted by Crippen LogP contribution is -2.38. The first-order valence-electron chi connectivity index (χ1n) is 6.28. The minimum atomic E-state index is 0.167. The van der Waals surface area contributed by atoms with E-state index in [1.807, 2.05) is 17.0 Å². The summed E-state index contributed by atoms with van der Waals surface area (Å²) >= 11 is 0. The molecule has 0 aliphatic carbocycles. The molecule has 4 heteroatoms. The SMILES string of the molecule is CCCN(CCC)C(=O)CNCc1ccco1.